The molecule has 1 N–H and O–H groups in total. The highest BCUT2D eigenvalue weighted by Gasteiger charge is 2.21. The zero-order valence-electron chi connectivity index (χ0n) is 20.0. The standard InChI is InChI=1S/C26H33F2N5O/c1-3-6-20-13-24(32-31-20)25-22(27)14-21(15-23(25)28)34-12-5-7-19-8-10-33(11-9-19)26-29-16-18(4-2)17-30-26/h13-17,19H,3-12H2,1-2H3,(H,31,32). The highest BCUT2D eigenvalue weighted by atomic mass is 19.1. The summed E-state index contributed by atoms with van der Waals surface area (Å²) in [6.45, 7) is 6.46. The Morgan fingerprint density at radius 2 is 1.76 bits per heavy atom. The molecule has 1 fully saturated rings. The molecular formula is C26H33F2N5O. The first-order valence-corrected chi connectivity index (χ1v) is 12.3. The number of aromatic nitrogens is 4. The minimum Gasteiger partial charge on any atom is -0.493 e. The zero-order valence-corrected chi connectivity index (χ0v) is 20.0. The van der Waals surface area contributed by atoms with Gasteiger partial charge in [-0.05, 0) is 56.1 Å². The number of anilines is 1. The molecule has 3 heterocycles. The van der Waals surface area contributed by atoms with Crippen molar-refractivity contribution >= 4 is 5.95 Å². The van der Waals surface area contributed by atoms with Crippen LogP contribution in [0.25, 0.3) is 11.3 Å². The van der Waals surface area contributed by atoms with E-state index in [2.05, 4.69) is 32.0 Å². The van der Waals surface area contributed by atoms with Gasteiger partial charge in [0, 0.05) is 43.3 Å². The van der Waals surface area contributed by atoms with E-state index in [0.717, 1.165) is 75.2 Å². The van der Waals surface area contributed by atoms with Crippen molar-refractivity contribution in [2.75, 3.05) is 24.6 Å². The lowest BCUT2D eigenvalue weighted by Crippen LogP contribution is -2.35. The summed E-state index contributed by atoms with van der Waals surface area (Å²) in [6.07, 6.45) is 10.5. The number of hydrogen-bond donors (Lipinski definition) is 1. The normalized spacial score (nSPS) is 14.5. The Morgan fingerprint density at radius 1 is 1.06 bits per heavy atom. The van der Waals surface area contributed by atoms with Gasteiger partial charge in [-0.1, -0.05) is 20.3 Å². The molecule has 8 heteroatoms. The number of piperidine rings is 1. The van der Waals surface area contributed by atoms with Crippen LogP contribution in [0.1, 0.15) is 57.2 Å². The first-order valence-electron chi connectivity index (χ1n) is 12.3. The molecule has 2 aromatic heterocycles. The van der Waals surface area contributed by atoms with Gasteiger partial charge in [-0.3, -0.25) is 5.10 Å². The van der Waals surface area contributed by atoms with Crippen LogP contribution in [0.4, 0.5) is 14.7 Å². The summed E-state index contributed by atoms with van der Waals surface area (Å²) < 4.78 is 34.9. The Morgan fingerprint density at radius 3 is 2.41 bits per heavy atom. The van der Waals surface area contributed by atoms with Crippen molar-refractivity contribution in [1.29, 1.82) is 0 Å². The maximum absolute atomic E-state index is 14.6. The van der Waals surface area contributed by atoms with Gasteiger partial charge in [-0.25, -0.2) is 18.7 Å². The van der Waals surface area contributed by atoms with Crippen LogP contribution in [0.3, 0.4) is 0 Å². The minimum atomic E-state index is -0.661. The third-order valence-corrected chi connectivity index (χ3v) is 6.44. The number of nitrogens with one attached hydrogen (secondary N) is 1. The van der Waals surface area contributed by atoms with Crippen LogP contribution in [-0.2, 0) is 12.8 Å². The number of ether oxygens (including phenoxy) is 1. The molecule has 34 heavy (non-hydrogen) atoms. The number of halogens is 2. The zero-order chi connectivity index (χ0) is 23.9. The number of aryl methyl sites for hydroxylation is 2. The van der Waals surface area contributed by atoms with E-state index in [1.165, 1.54) is 12.1 Å². The Hall–Kier alpha value is -3.03. The summed E-state index contributed by atoms with van der Waals surface area (Å²) in [5.41, 5.74) is 2.17. The monoisotopic (exact) mass is 469 g/mol. The first-order chi connectivity index (χ1) is 16.6. The van der Waals surface area contributed by atoms with Crippen molar-refractivity contribution in [3.8, 4) is 17.0 Å². The summed E-state index contributed by atoms with van der Waals surface area (Å²) in [5, 5.41) is 6.90. The molecule has 0 aliphatic carbocycles. The first kappa shape index (κ1) is 24.1. The van der Waals surface area contributed by atoms with E-state index >= 15 is 0 Å². The predicted molar refractivity (Wildman–Crippen MR) is 129 cm³/mol. The van der Waals surface area contributed by atoms with E-state index in [1.54, 1.807) is 6.07 Å². The molecule has 182 valence electrons. The van der Waals surface area contributed by atoms with Gasteiger partial charge in [-0.15, -0.1) is 0 Å². The van der Waals surface area contributed by atoms with Gasteiger partial charge < -0.3 is 9.64 Å². The molecule has 0 radical (unpaired) electrons. The molecule has 0 saturated carbocycles. The second kappa shape index (κ2) is 11.4. The number of nitrogens with zero attached hydrogens (tertiary/aromatic N) is 4. The van der Waals surface area contributed by atoms with Crippen LogP contribution in [0.2, 0.25) is 0 Å². The molecule has 6 nitrogen and oxygen atoms in total. The van der Waals surface area contributed by atoms with Crippen LogP contribution >= 0.6 is 0 Å². The lowest BCUT2D eigenvalue weighted by Gasteiger charge is -2.32. The summed E-state index contributed by atoms with van der Waals surface area (Å²) in [6, 6.07) is 4.19. The van der Waals surface area contributed by atoms with Gasteiger partial charge in [-0.2, -0.15) is 5.10 Å². The Bertz CT molecular complexity index is 1040. The molecular weight excluding hydrogens is 436 g/mol. The van der Waals surface area contributed by atoms with E-state index in [-0.39, 0.29) is 17.0 Å². The second-order valence-corrected chi connectivity index (χ2v) is 8.96. The fraction of sp³-hybridized carbons (Fsp3) is 0.500. The van der Waals surface area contributed by atoms with Gasteiger partial charge in [0.05, 0.1) is 17.9 Å². The van der Waals surface area contributed by atoms with Crippen molar-refractivity contribution < 1.29 is 13.5 Å². The molecule has 0 atom stereocenters. The maximum Gasteiger partial charge on any atom is 0.225 e. The number of aromatic amines is 1. The van der Waals surface area contributed by atoms with Crippen molar-refractivity contribution in [3.05, 3.63) is 53.5 Å². The average molecular weight is 470 g/mol. The van der Waals surface area contributed by atoms with Gasteiger partial charge >= 0.3 is 0 Å². The highest BCUT2D eigenvalue weighted by Crippen LogP contribution is 2.30. The molecule has 0 bridgehead atoms. The van der Waals surface area contributed by atoms with Crippen molar-refractivity contribution in [3.63, 3.8) is 0 Å². The van der Waals surface area contributed by atoms with Crippen LogP contribution in [0.5, 0.6) is 5.75 Å². The number of benzene rings is 1. The van der Waals surface area contributed by atoms with Crippen LogP contribution in [0.15, 0.2) is 30.6 Å². The topological polar surface area (TPSA) is 66.9 Å². The predicted octanol–water partition coefficient (Wildman–Crippen LogP) is 5.74. The largest absolute Gasteiger partial charge is 0.493 e. The van der Waals surface area contributed by atoms with Crippen molar-refractivity contribution in [1.82, 2.24) is 20.2 Å². The van der Waals surface area contributed by atoms with Gasteiger partial charge in [0.25, 0.3) is 0 Å². The Balaban J connectivity index is 1.22. The van der Waals surface area contributed by atoms with Crippen molar-refractivity contribution in [2.45, 2.75) is 58.8 Å². The molecule has 0 amide bonds. The Labute approximate surface area is 199 Å². The molecule has 1 aliphatic heterocycles. The number of H-pyrrole nitrogens is 1. The van der Waals surface area contributed by atoms with Crippen molar-refractivity contribution in [2.24, 2.45) is 5.92 Å². The van der Waals surface area contributed by atoms with Gasteiger partial charge in [0.15, 0.2) is 0 Å². The Kier molecular flexibility index (Phi) is 8.08. The fourth-order valence-corrected chi connectivity index (χ4v) is 4.44. The molecule has 0 spiro atoms. The minimum absolute atomic E-state index is 0.119. The van der Waals surface area contributed by atoms with Crippen LogP contribution in [0, 0.1) is 17.6 Å². The molecule has 0 unspecified atom stereocenters. The quantitative estimate of drug-likeness (QED) is 0.384. The maximum atomic E-state index is 14.6. The summed E-state index contributed by atoms with van der Waals surface area (Å²) in [5.74, 6) is 0.313. The lowest BCUT2D eigenvalue weighted by atomic mass is 9.92. The number of rotatable bonds is 10. The molecule has 1 aliphatic rings. The van der Waals surface area contributed by atoms with Gasteiger partial charge in [0.1, 0.15) is 17.4 Å². The third-order valence-electron chi connectivity index (χ3n) is 6.44. The fourth-order valence-electron chi connectivity index (χ4n) is 4.44. The second-order valence-electron chi connectivity index (χ2n) is 8.96. The smallest absolute Gasteiger partial charge is 0.225 e. The van der Waals surface area contributed by atoms with Gasteiger partial charge in [0.2, 0.25) is 5.95 Å². The summed E-state index contributed by atoms with van der Waals surface area (Å²) in [7, 11) is 0. The van der Waals surface area contributed by atoms with Crippen LogP contribution < -0.4 is 9.64 Å². The molecule has 1 saturated heterocycles. The molecule has 3 aromatic rings. The molecule has 1 aromatic carbocycles. The third kappa shape index (κ3) is 5.90. The van der Waals surface area contributed by atoms with E-state index in [0.29, 0.717) is 12.5 Å². The summed E-state index contributed by atoms with van der Waals surface area (Å²) >= 11 is 0. The van der Waals surface area contributed by atoms with E-state index in [1.807, 2.05) is 19.3 Å². The highest BCUT2D eigenvalue weighted by molar-refractivity contribution is 5.62. The van der Waals surface area contributed by atoms with Crippen LogP contribution in [-0.4, -0.2) is 39.9 Å². The molecule has 4 rings (SSSR count). The number of hydrogen-bond acceptors (Lipinski definition) is 5. The average Bonchev–Trinajstić information content (AvgIpc) is 3.30. The lowest BCUT2D eigenvalue weighted by molar-refractivity contribution is 0.277. The SMILES string of the molecule is CCCc1cc(-c2c(F)cc(OCCCC3CCN(c4ncc(CC)cn4)CC3)cc2F)n[nH]1. The summed E-state index contributed by atoms with van der Waals surface area (Å²) in [4.78, 5) is 11.2. The van der Waals surface area contributed by atoms with E-state index in [9.17, 15) is 8.78 Å². The van der Waals surface area contributed by atoms with E-state index < -0.39 is 11.6 Å². The van der Waals surface area contributed by atoms with E-state index in [4.69, 9.17) is 4.74 Å².